The molecule has 4 rings (SSSR count). The number of amides is 2. The number of ether oxygens (including phenoxy) is 1. The maximum atomic E-state index is 13.6. The van der Waals surface area contributed by atoms with E-state index in [1.807, 2.05) is 35.2 Å². The van der Waals surface area contributed by atoms with Crippen LogP contribution in [0, 0.1) is 5.82 Å². The van der Waals surface area contributed by atoms with E-state index in [4.69, 9.17) is 4.74 Å². The number of carbonyl (C=O) groups is 2. The van der Waals surface area contributed by atoms with Crippen molar-refractivity contribution in [3.63, 3.8) is 0 Å². The van der Waals surface area contributed by atoms with Crippen molar-refractivity contribution in [2.45, 2.75) is 25.6 Å². The predicted octanol–water partition coefficient (Wildman–Crippen LogP) is 2.73. The van der Waals surface area contributed by atoms with Crippen molar-refractivity contribution in [1.82, 2.24) is 20.1 Å². The number of rotatable bonds is 7. The Morgan fingerprint density at radius 1 is 1.27 bits per heavy atom. The summed E-state index contributed by atoms with van der Waals surface area (Å²) in [6, 6.07) is 13.3. The molecule has 3 aromatic rings. The number of carbonyl (C=O) groups excluding carboxylic acids is 2. The van der Waals surface area contributed by atoms with E-state index in [-0.39, 0.29) is 24.1 Å². The first-order valence-corrected chi connectivity index (χ1v) is 10.9. The minimum absolute atomic E-state index is 0.0456. The molecule has 1 N–H and O–H groups in total. The molecule has 2 amide bonds. The Balaban J connectivity index is 1.48. The maximum Gasteiger partial charge on any atom is 0.237 e. The van der Waals surface area contributed by atoms with E-state index in [1.54, 1.807) is 31.3 Å². The number of benzene rings is 2. The zero-order chi connectivity index (χ0) is 23.4. The highest BCUT2D eigenvalue weighted by atomic mass is 19.1. The summed E-state index contributed by atoms with van der Waals surface area (Å²) in [6.07, 6.45) is 1.75. The number of pyridine rings is 1. The summed E-state index contributed by atoms with van der Waals surface area (Å²) >= 11 is 0. The van der Waals surface area contributed by atoms with Gasteiger partial charge in [0.05, 0.1) is 19.6 Å². The third-order valence-electron chi connectivity index (χ3n) is 5.96. The lowest BCUT2D eigenvalue weighted by Gasteiger charge is -2.35. The molecular weight excluding hydrogens is 423 g/mol. The third kappa shape index (κ3) is 5.12. The highest BCUT2D eigenvalue weighted by Gasteiger charge is 2.32. The lowest BCUT2D eigenvalue weighted by Crippen LogP contribution is -2.56. The van der Waals surface area contributed by atoms with Gasteiger partial charge in [0.25, 0.3) is 0 Å². The van der Waals surface area contributed by atoms with E-state index in [9.17, 15) is 14.0 Å². The van der Waals surface area contributed by atoms with Gasteiger partial charge in [-0.05, 0) is 35.4 Å². The molecule has 0 saturated carbocycles. The van der Waals surface area contributed by atoms with Crippen molar-refractivity contribution in [2.75, 3.05) is 27.2 Å². The number of methoxy groups -OCH3 is 1. The van der Waals surface area contributed by atoms with Crippen molar-refractivity contribution in [3.8, 4) is 5.75 Å². The van der Waals surface area contributed by atoms with Gasteiger partial charge >= 0.3 is 0 Å². The van der Waals surface area contributed by atoms with Crippen LogP contribution < -0.4 is 10.1 Å². The molecule has 0 bridgehead atoms. The Morgan fingerprint density at radius 3 is 2.91 bits per heavy atom. The summed E-state index contributed by atoms with van der Waals surface area (Å²) in [5.74, 6) is 0.0328. The Bertz CT molecular complexity index is 1170. The van der Waals surface area contributed by atoms with E-state index >= 15 is 0 Å². The van der Waals surface area contributed by atoms with Gasteiger partial charge in [-0.3, -0.25) is 19.5 Å². The van der Waals surface area contributed by atoms with Crippen LogP contribution in [0.3, 0.4) is 0 Å². The van der Waals surface area contributed by atoms with E-state index in [1.165, 1.54) is 12.1 Å². The van der Waals surface area contributed by atoms with Gasteiger partial charge in [-0.15, -0.1) is 0 Å². The van der Waals surface area contributed by atoms with Crippen LogP contribution in [0.15, 0.2) is 54.7 Å². The van der Waals surface area contributed by atoms with Crippen LogP contribution in [0.5, 0.6) is 5.75 Å². The second-order valence-electron chi connectivity index (χ2n) is 8.19. The number of nitrogens with zero attached hydrogens (tertiary/aromatic N) is 3. The van der Waals surface area contributed by atoms with Crippen LogP contribution in [0.4, 0.5) is 4.39 Å². The highest BCUT2D eigenvalue weighted by molar-refractivity contribution is 5.90. The van der Waals surface area contributed by atoms with E-state index in [0.717, 1.165) is 22.0 Å². The SMILES string of the molecule is COc1ccc(CN(C)C(=O)CC2C(=O)NCCN2Cc2cccc(F)c2)c2cccnc12. The first-order valence-electron chi connectivity index (χ1n) is 10.9. The Morgan fingerprint density at radius 2 is 2.12 bits per heavy atom. The van der Waals surface area contributed by atoms with Crippen LogP contribution >= 0.6 is 0 Å². The summed E-state index contributed by atoms with van der Waals surface area (Å²) in [5.41, 5.74) is 2.46. The number of nitrogens with one attached hydrogen (secondary N) is 1. The van der Waals surface area contributed by atoms with E-state index < -0.39 is 6.04 Å². The molecule has 1 aromatic heterocycles. The molecule has 1 fully saturated rings. The van der Waals surface area contributed by atoms with Crippen LogP contribution in [0.1, 0.15) is 17.5 Å². The molecule has 8 heteroatoms. The fraction of sp³-hybridized carbons (Fsp3) is 0.320. The molecule has 1 atom stereocenters. The monoisotopic (exact) mass is 450 g/mol. The second-order valence-corrected chi connectivity index (χ2v) is 8.19. The Labute approximate surface area is 192 Å². The lowest BCUT2D eigenvalue weighted by atomic mass is 10.0. The van der Waals surface area contributed by atoms with E-state index in [2.05, 4.69) is 10.3 Å². The fourth-order valence-corrected chi connectivity index (χ4v) is 4.22. The Hall–Kier alpha value is -3.52. The van der Waals surface area contributed by atoms with Crippen molar-refractivity contribution in [1.29, 1.82) is 0 Å². The number of hydrogen-bond acceptors (Lipinski definition) is 5. The lowest BCUT2D eigenvalue weighted by molar-refractivity contribution is -0.138. The smallest absolute Gasteiger partial charge is 0.237 e. The van der Waals surface area contributed by atoms with Gasteiger partial charge in [-0.1, -0.05) is 24.3 Å². The largest absolute Gasteiger partial charge is 0.494 e. The van der Waals surface area contributed by atoms with Crippen molar-refractivity contribution in [2.24, 2.45) is 0 Å². The van der Waals surface area contributed by atoms with Gasteiger partial charge in [-0.25, -0.2) is 4.39 Å². The standard InChI is InChI=1S/C25H27FN4O3/c1-29(16-18-8-9-22(33-2)24-20(18)7-4-10-27-24)23(31)14-21-25(32)28-11-12-30(21)15-17-5-3-6-19(26)13-17/h3-10,13,21H,11-12,14-16H2,1-2H3,(H,28,32). The maximum absolute atomic E-state index is 13.6. The molecule has 0 radical (unpaired) electrons. The van der Waals surface area contributed by atoms with Crippen LogP contribution in [0.25, 0.3) is 10.9 Å². The van der Waals surface area contributed by atoms with Gasteiger partial charge in [0.1, 0.15) is 17.1 Å². The summed E-state index contributed by atoms with van der Waals surface area (Å²) in [6.45, 7) is 1.88. The normalized spacial score (nSPS) is 16.5. The molecule has 1 unspecified atom stereocenters. The van der Waals surface area contributed by atoms with Crippen LogP contribution in [0.2, 0.25) is 0 Å². The highest BCUT2D eigenvalue weighted by Crippen LogP contribution is 2.27. The minimum Gasteiger partial charge on any atom is -0.494 e. The summed E-state index contributed by atoms with van der Waals surface area (Å²) in [5, 5.41) is 3.76. The quantitative estimate of drug-likeness (QED) is 0.599. The van der Waals surface area contributed by atoms with Crippen LogP contribution in [-0.2, 0) is 22.7 Å². The van der Waals surface area contributed by atoms with E-state index in [0.29, 0.717) is 31.9 Å². The van der Waals surface area contributed by atoms with Gasteiger partial charge in [-0.2, -0.15) is 0 Å². The number of fused-ring (bicyclic) bond motifs is 1. The zero-order valence-corrected chi connectivity index (χ0v) is 18.8. The molecule has 1 aliphatic rings. The third-order valence-corrected chi connectivity index (χ3v) is 5.96. The second kappa shape index (κ2) is 9.95. The zero-order valence-electron chi connectivity index (χ0n) is 18.8. The molecule has 172 valence electrons. The number of aromatic nitrogens is 1. The average Bonchev–Trinajstić information content (AvgIpc) is 2.81. The predicted molar refractivity (Wildman–Crippen MR) is 123 cm³/mol. The summed E-state index contributed by atoms with van der Waals surface area (Å²) in [4.78, 5) is 33.7. The molecule has 0 aliphatic carbocycles. The van der Waals surface area contributed by atoms with Crippen LogP contribution in [-0.4, -0.2) is 59.9 Å². The first kappa shape index (κ1) is 22.7. The van der Waals surface area contributed by atoms with Gasteiger partial charge in [0.15, 0.2) is 0 Å². The molecule has 0 spiro atoms. The van der Waals surface area contributed by atoms with Gasteiger partial charge in [0, 0.05) is 44.8 Å². The Kier molecular flexibility index (Phi) is 6.84. The number of hydrogen-bond donors (Lipinski definition) is 1. The van der Waals surface area contributed by atoms with Gasteiger partial charge < -0.3 is 15.0 Å². The van der Waals surface area contributed by atoms with Crippen molar-refractivity contribution in [3.05, 3.63) is 71.7 Å². The molecule has 33 heavy (non-hydrogen) atoms. The first-order chi connectivity index (χ1) is 16.0. The molecule has 2 aromatic carbocycles. The number of piperazine rings is 1. The summed E-state index contributed by atoms with van der Waals surface area (Å²) < 4.78 is 19.0. The molecule has 2 heterocycles. The summed E-state index contributed by atoms with van der Waals surface area (Å²) in [7, 11) is 3.33. The average molecular weight is 451 g/mol. The molecular formula is C25H27FN4O3. The fourth-order valence-electron chi connectivity index (χ4n) is 4.22. The molecule has 1 aliphatic heterocycles. The van der Waals surface area contributed by atoms with Crippen molar-refractivity contribution >= 4 is 22.7 Å². The molecule has 1 saturated heterocycles. The van der Waals surface area contributed by atoms with Crippen molar-refractivity contribution < 1.29 is 18.7 Å². The number of halogens is 1. The molecule has 7 nitrogen and oxygen atoms in total. The topological polar surface area (TPSA) is 74.8 Å². The minimum atomic E-state index is -0.605. The van der Waals surface area contributed by atoms with Gasteiger partial charge in [0.2, 0.25) is 11.8 Å².